The van der Waals surface area contributed by atoms with Crippen LogP contribution in [0.5, 0.6) is 11.5 Å². The van der Waals surface area contributed by atoms with E-state index in [2.05, 4.69) is 5.32 Å². The number of carbonyl (C=O) groups excluding carboxylic acids is 1. The van der Waals surface area contributed by atoms with Crippen LogP contribution in [0.1, 0.15) is 0 Å². The first-order valence-corrected chi connectivity index (χ1v) is 9.72. The van der Waals surface area contributed by atoms with E-state index in [0.717, 1.165) is 10.6 Å². The van der Waals surface area contributed by atoms with Crippen LogP contribution in [-0.4, -0.2) is 41.3 Å². The van der Waals surface area contributed by atoms with E-state index in [9.17, 15) is 13.2 Å². The Hall–Kier alpha value is -2.45. The van der Waals surface area contributed by atoms with Gasteiger partial charge in [0.15, 0.2) is 11.5 Å². The second-order valence-electron chi connectivity index (χ2n) is 5.37. The maximum absolute atomic E-state index is 12.4. The molecule has 1 N–H and O–H groups in total. The summed E-state index contributed by atoms with van der Waals surface area (Å²) in [6.45, 7) is -0.395. The Labute approximate surface area is 157 Å². The summed E-state index contributed by atoms with van der Waals surface area (Å²) in [6, 6.07) is 11.1. The van der Waals surface area contributed by atoms with E-state index in [1.54, 1.807) is 36.4 Å². The lowest BCUT2D eigenvalue weighted by Crippen LogP contribution is -2.37. The predicted octanol–water partition coefficient (Wildman–Crippen LogP) is 2.76. The highest BCUT2D eigenvalue weighted by atomic mass is 35.5. The summed E-state index contributed by atoms with van der Waals surface area (Å²) in [4.78, 5) is 12.4. The maximum Gasteiger partial charge on any atom is 0.245 e. The number of anilines is 2. The maximum atomic E-state index is 12.4. The molecule has 1 amide bonds. The number of nitrogens with zero attached hydrogens (tertiary/aromatic N) is 1. The number of rotatable bonds is 7. The Kier molecular flexibility index (Phi) is 6.33. The van der Waals surface area contributed by atoms with Crippen molar-refractivity contribution in [2.75, 3.05) is 36.6 Å². The summed E-state index contributed by atoms with van der Waals surface area (Å²) >= 11 is 5.92. The van der Waals surface area contributed by atoms with E-state index in [1.807, 2.05) is 0 Å². The number of hydrogen-bond acceptors (Lipinski definition) is 5. The summed E-state index contributed by atoms with van der Waals surface area (Å²) in [5.41, 5.74) is 0.759. The highest BCUT2D eigenvalue weighted by molar-refractivity contribution is 7.92. The van der Waals surface area contributed by atoms with Gasteiger partial charge in [0.05, 0.1) is 26.2 Å². The first-order valence-electron chi connectivity index (χ1n) is 7.49. The van der Waals surface area contributed by atoms with Crippen molar-refractivity contribution in [1.29, 1.82) is 0 Å². The average Bonchev–Trinajstić information content (AvgIpc) is 2.58. The molecule has 0 saturated carbocycles. The third kappa shape index (κ3) is 5.03. The van der Waals surface area contributed by atoms with Crippen molar-refractivity contribution in [1.82, 2.24) is 0 Å². The summed E-state index contributed by atoms with van der Waals surface area (Å²) in [5.74, 6) is 0.449. The van der Waals surface area contributed by atoms with Crippen LogP contribution in [0.2, 0.25) is 5.02 Å². The van der Waals surface area contributed by atoms with Gasteiger partial charge in [-0.1, -0.05) is 17.7 Å². The number of sulfonamides is 1. The van der Waals surface area contributed by atoms with Crippen LogP contribution in [0.4, 0.5) is 11.4 Å². The molecular weight excluding hydrogens is 380 g/mol. The van der Waals surface area contributed by atoms with E-state index in [1.165, 1.54) is 20.3 Å². The fraction of sp³-hybridized carbons (Fsp3) is 0.235. The van der Waals surface area contributed by atoms with E-state index in [0.29, 0.717) is 27.9 Å². The lowest BCUT2D eigenvalue weighted by Gasteiger charge is -2.22. The van der Waals surface area contributed by atoms with E-state index >= 15 is 0 Å². The number of nitrogens with one attached hydrogen (secondary N) is 1. The molecule has 0 aliphatic carbocycles. The number of halogens is 1. The molecule has 0 bridgehead atoms. The van der Waals surface area contributed by atoms with Gasteiger partial charge < -0.3 is 14.8 Å². The third-order valence-electron chi connectivity index (χ3n) is 3.45. The molecule has 0 aliphatic heterocycles. The zero-order valence-corrected chi connectivity index (χ0v) is 16.1. The van der Waals surface area contributed by atoms with Crippen molar-refractivity contribution in [3.8, 4) is 11.5 Å². The molecule has 9 heteroatoms. The zero-order valence-electron chi connectivity index (χ0n) is 14.5. The van der Waals surface area contributed by atoms with Gasteiger partial charge in [0.25, 0.3) is 0 Å². The van der Waals surface area contributed by atoms with Gasteiger partial charge in [-0.3, -0.25) is 9.10 Å². The van der Waals surface area contributed by atoms with Crippen LogP contribution >= 0.6 is 11.6 Å². The predicted molar refractivity (Wildman–Crippen MR) is 102 cm³/mol. The van der Waals surface area contributed by atoms with Gasteiger partial charge in [0.1, 0.15) is 6.54 Å². The van der Waals surface area contributed by atoms with E-state index in [4.69, 9.17) is 21.1 Å². The van der Waals surface area contributed by atoms with Gasteiger partial charge in [-0.05, 0) is 30.3 Å². The van der Waals surface area contributed by atoms with Gasteiger partial charge in [-0.2, -0.15) is 0 Å². The van der Waals surface area contributed by atoms with Gasteiger partial charge in [-0.25, -0.2) is 8.42 Å². The molecular formula is C17H19ClN2O5S. The molecule has 0 saturated heterocycles. The topological polar surface area (TPSA) is 84.9 Å². The first kappa shape index (κ1) is 19.9. The number of methoxy groups -OCH3 is 2. The van der Waals surface area contributed by atoms with Gasteiger partial charge in [-0.15, -0.1) is 0 Å². The largest absolute Gasteiger partial charge is 0.493 e. The van der Waals surface area contributed by atoms with Gasteiger partial charge >= 0.3 is 0 Å². The first-order chi connectivity index (χ1) is 12.2. The van der Waals surface area contributed by atoms with E-state index in [-0.39, 0.29) is 0 Å². The summed E-state index contributed by atoms with van der Waals surface area (Å²) < 4.78 is 35.5. The molecule has 0 atom stereocenters. The molecule has 0 aromatic heterocycles. The lowest BCUT2D eigenvalue weighted by molar-refractivity contribution is -0.114. The minimum Gasteiger partial charge on any atom is -0.493 e. The molecule has 2 aromatic carbocycles. The van der Waals surface area contributed by atoms with Crippen molar-refractivity contribution in [3.05, 3.63) is 47.5 Å². The highest BCUT2D eigenvalue weighted by Gasteiger charge is 2.21. The molecule has 0 unspecified atom stereocenters. The van der Waals surface area contributed by atoms with Crippen molar-refractivity contribution < 1.29 is 22.7 Å². The zero-order chi connectivity index (χ0) is 19.3. The molecule has 0 heterocycles. The summed E-state index contributed by atoms with van der Waals surface area (Å²) in [6.07, 6.45) is 1.03. The fourth-order valence-electron chi connectivity index (χ4n) is 2.28. The molecule has 2 aromatic rings. The number of hydrogen-bond donors (Lipinski definition) is 1. The molecule has 0 spiro atoms. The SMILES string of the molecule is COc1ccc(NC(=O)CN(c2cccc(Cl)c2)S(C)(=O)=O)cc1OC. The van der Waals surface area contributed by atoms with Crippen LogP contribution < -0.4 is 19.1 Å². The minimum absolute atomic E-state index is 0.308. The van der Waals surface area contributed by atoms with Crippen molar-refractivity contribution in [3.63, 3.8) is 0 Å². The van der Waals surface area contributed by atoms with E-state index < -0.39 is 22.5 Å². The smallest absolute Gasteiger partial charge is 0.245 e. The standard InChI is InChI=1S/C17H19ClN2O5S/c1-24-15-8-7-13(10-16(15)25-2)19-17(21)11-20(26(3,22)23)14-6-4-5-12(18)9-14/h4-10H,11H2,1-3H3,(H,19,21). The fourth-order valence-corrected chi connectivity index (χ4v) is 3.31. The number of benzene rings is 2. The van der Waals surface area contributed by atoms with Gasteiger partial charge in [0, 0.05) is 16.8 Å². The summed E-state index contributed by atoms with van der Waals surface area (Å²) in [5, 5.41) is 3.01. The Balaban J connectivity index is 2.20. The summed E-state index contributed by atoms with van der Waals surface area (Å²) in [7, 11) is -0.691. The second-order valence-corrected chi connectivity index (χ2v) is 7.71. The molecule has 0 aliphatic rings. The Morgan fingerprint density at radius 2 is 1.81 bits per heavy atom. The third-order valence-corrected chi connectivity index (χ3v) is 4.83. The molecule has 26 heavy (non-hydrogen) atoms. The Morgan fingerprint density at radius 3 is 2.38 bits per heavy atom. The number of carbonyl (C=O) groups is 1. The molecule has 0 fully saturated rings. The van der Waals surface area contributed by atoms with Crippen LogP contribution in [0.15, 0.2) is 42.5 Å². The van der Waals surface area contributed by atoms with Gasteiger partial charge in [0.2, 0.25) is 15.9 Å². The van der Waals surface area contributed by atoms with Crippen LogP contribution in [0, 0.1) is 0 Å². The van der Waals surface area contributed by atoms with Crippen molar-refractivity contribution in [2.24, 2.45) is 0 Å². The molecule has 0 radical (unpaired) electrons. The van der Waals surface area contributed by atoms with Crippen LogP contribution in [0.25, 0.3) is 0 Å². The van der Waals surface area contributed by atoms with Crippen LogP contribution in [-0.2, 0) is 14.8 Å². The number of amides is 1. The monoisotopic (exact) mass is 398 g/mol. The minimum atomic E-state index is -3.68. The Morgan fingerprint density at radius 1 is 1.12 bits per heavy atom. The lowest BCUT2D eigenvalue weighted by atomic mass is 10.2. The molecule has 7 nitrogen and oxygen atoms in total. The Bertz CT molecular complexity index is 902. The number of ether oxygens (including phenoxy) is 2. The average molecular weight is 399 g/mol. The van der Waals surface area contributed by atoms with Crippen LogP contribution in [0.3, 0.4) is 0 Å². The normalized spacial score (nSPS) is 10.9. The molecule has 2 rings (SSSR count). The quantitative estimate of drug-likeness (QED) is 0.775. The second kappa shape index (κ2) is 8.29. The van der Waals surface area contributed by atoms with Crippen molar-refractivity contribution in [2.45, 2.75) is 0 Å². The highest BCUT2D eigenvalue weighted by Crippen LogP contribution is 2.30. The molecule has 140 valence electrons. The van der Waals surface area contributed by atoms with Crippen molar-refractivity contribution >= 4 is 38.9 Å².